The number of hydrogen-bond acceptors (Lipinski definition) is 4. The zero-order valence-electron chi connectivity index (χ0n) is 8.94. The molecule has 1 atom stereocenters. The Balaban J connectivity index is 2.51. The lowest BCUT2D eigenvalue weighted by Gasteiger charge is -2.22. The van der Waals surface area contributed by atoms with E-state index < -0.39 is 5.66 Å². The highest BCUT2D eigenvalue weighted by Gasteiger charge is 2.22. The van der Waals surface area contributed by atoms with Gasteiger partial charge in [0.2, 0.25) is 0 Å². The van der Waals surface area contributed by atoms with Gasteiger partial charge in [0.05, 0.1) is 0 Å². The highest BCUT2D eigenvalue weighted by molar-refractivity contribution is 5.14. The Kier molecular flexibility index (Phi) is 4.39. The summed E-state index contributed by atoms with van der Waals surface area (Å²) < 4.78 is 0. The second kappa shape index (κ2) is 5.58. The van der Waals surface area contributed by atoms with Crippen LogP contribution in [0.25, 0.3) is 0 Å². The predicted octanol–water partition coefficient (Wildman–Crippen LogP) is 1.61. The van der Waals surface area contributed by atoms with E-state index in [-0.39, 0.29) is 0 Å². The van der Waals surface area contributed by atoms with Crippen molar-refractivity contribution in [2.24, 2.45) is 10.9 Å². The summed E-state index contributed by atoms with van der Waals surface area (Å²) in [5, 5.41) is 6.19. The molecule has 3 N–H and O–H groups in total. The number of nitrogens with two attached hydrogens (primary N) is 1. The SMILES string of the molecule is CC(CCN)(N=O)NCc1ccccc1. The van der Waals surface area contributed by atoms with Gasteiger partial charge < -0.3 is 5.73 Å². The quantitative estimate of drug-likeness (QED) is 0.696. The van der Waals surface area contributed by atoms with Gasteiger partial charge in [0.1, 0.15) is 0 Å². The summed E-state index contributed by atoms with van der Waals surface area (Å²) in [6, 6.07) is 9.89. The van der Waals surface area contributed by atoms with Crippen molar-refractivity contribution < 1.29 is 0 Å². The molecule has 0 aliphatic rings. The minimum Gasteiger partial charge on any atom is -0.330 e. The monoisotopic (exact) mass is 207 g/mol. The zero-order valence-corrected chi connectivity index (χ0v) is 8.94. The van der Waals surface area contributed by atoms with E-state index in [9.17, 15) is 4.91 Å². The highest BCUT2D eigenvalue weighted by atomic mass is 16.3. The number of rotatable bonds is 6. The van der Waals surface area contributed by atoms with Crippen molar-refractivity contribution in [2.45, 2.75) is 25.6 Å². The second-order valence-electron chi connectivity index (χ2n) is 3.74. The molecule has 0 saturated carbocycles. The summed E-state index contributed by atoms with van der Waals surface area (Å²) in [5.41, 5.74) is 5.79. The van der Waals surface area contributed by atoms with Crippen molar-refractivity contribution in [3.63, 3.8) is 0 Å². The van der Waals surface area contributed by atoms with Gasteiger partial charge in [0.15, 0.2) is 5.66 Å². The van der Waals surface area contributed by atoms with E-state index in [2.05, 4.69) is 10.5 Å². The van der Waals surface area contributed by atoms with Gasteiger partial charge >= 0.3 is 0 Å². The number of nitroso groups, excluding NO2 is 1. The minimum absolute atomic E-state index is 0.448. The van der Waals surface area contributed by atoms with Gasteiger partial charge in [-0.15, -0.1) is 4.91 Å². The van der Waals surface area contributed by atoms with Gasteiger partial charge in [0.25, 0.3) is 0 Å². The van der Waals surface area contributed by atoms with Crippen LogP contribution in [0.4, 0.5) is 0 Å². The van der Waals surface area contributed by atoms with Crippen molar-refractivity contribution >= 4 is 0 Å². The molecular weight excluding hydrogens is 190 g/mol. The lowest BCUT2D eigenvalue weighted by molar-refractivity contribution is 0.345. The van der Waals surface area contributed by atoms with Crippen LogP contribution in [0.1, 0.15) is 18.9 Å². The summed E-state index contributed by atoms with van der Waals surface area (Å²) in [6.45, 7) is 2.84. The Labute approximate surface area is 89.8 Å². The fourth-order valence-electron chi connectivity index (χ4n) is 1.34. The van der Waals surface area contributed by atoms with Crippen LogP contribution in [0.2, 0.25) is 0 Å². The van der Waals surface area contributed by atoms with Gasteiger partial charge in [-0.1, -0.05) is 30.3 Å². The number of nitrogens with zero attached hydrogens (tertiary/aromatic N) is 1. The van der Waals surface area contributed by atoms with E-state index in [1.165, 1.54) is 0 Å². The van der Waals surface area contributed by atoms with Crippen LogP contribution in [0.3, 0.4) is 0 Å². The Bertz CT molecular complexity index is 302. The highest BCUT2D eigenvalue weighted by Crippen LogP contribution is 2.11. The fraction of sp³-hybridized carbons (Fsp3) is 0.455. The molecule has 15 heavy (non-hydrogen) atoms. The van der Waals surface area contributed by atoms with E-state index in [0.29, 0.717) is 19.5 Å². The van der Waals surface area contributed by atoms with Crippen molar-refractivity contribution in [1.82, 2.24) is 5.32 Å². The van der Waals surface area contributed by atoms with Crippen LogP contribution in [0, 0.1) is 4.91 Å². The third kappa shape index (κ3) is 3.77. The Morgan fingerprint density at radius 2 is 2.07 bits per heavy atom. The van der Waals surface area contributed by atoms with E-state index in [1.807, 2.05) is 30.3 Å². The maximum Gasteiger partial charge on any atom is 0.151 e. The first-order chi connectivity index (χ1) is 7.20. The lowest BCUT2D eigenvalue weighted by Crippen LogP contribution is -2.41. The predicted molar refractivity (Wildman–Crippen MR) is 61.2 cm³/mol. The molecule has 4 nitrogen and oxygen atoms in total. The van der Waals surface area contributed by atoms with Crippen molar-refractivity contribution in [2.75, 3.05) is 6.54 Å². The molecule has 0 heterocycles. The smallest absolute Gasteiger partial charge is 0.151 e. The summed E-state index contributed by atoms with van der Waals surface area (Å²) in [5.74, 6) is 0. The third-order valence-corrected chi connectivity index (χ3v) is 2.35. The van der Waals surface area contributed by atoms with Crippen molar-refractivity contribution in [3.05, 3.63) is 40.8 Å². The molecule has 0 amide bonds. The van der Waals surface area contributed by atoms with Crippen LogP contribution < -0.4 is 11.1 Å². The molecular formula is C11H17N3O. The fourth-order valence-corrected chi connectivity index (χ4v) is 1.34. The van der Waals surface area contributed by atoms with Crippen LogP contribution in [0.15, 0.2) is 35.5 Å². The molecule has 0 bridgehead atoms. The van der Waals surface area contributed by atoms with Gasteiger partial charge in [-0.3, -0.25) is 5.32 Å². The summed E-state index contributed by atoms with van der Waals surface area (Å²) in [6.07, 6.45) is 0.545. The first kappa shape index (κ1) is 11.8. The molecule has 0 aliphatic carbocycles. The standard InChI is InChI=1S/C11H17N3O/c1-11(14-15,7-8-12)13-9-10-5-3-2-4-6-10/h2-6,13H,7-9,12H2,1H3. The average Bonchev–Trinajstić information content (AvgIpc) is 2.28. The number of nitrogens with one attached hydrogen (secondary N) is 1. The van der Waals surface area contributed by atoms with Gasteiger partial charge in [-0.05, 0) is 24.2 Å². The van der Waals surface area contributed by atoms with Crippen LogP contribution in [-0.2, 0) is 6.54 Å². The van der Waals surface area contributed by atoms with E-state index in [4.69, 9.17) is 5.73 Å². The maximum atomic E-state index is 10.7. The average molecular weight is 207 g/mol. The van der Waals surface area contributed by atoms with E-state index in [1.54, 1.807) is 6.92 Å². The largest absolute Gasteiger partial charge is 0.330 e. The molecule has 82 valence electrons. The van der Waals surface area contributed by atoms with E-state index >= 15 is 0 Å². The van der Waals surface area contributed by atoms with Crippen molar-refractivity contribution in [3.8, 4) is 0 Å². The lowest BCUT2D eigenvalue weighted by atomic mass is 10.1. The Morgan fingerprint density at radius 1 is 1.40 bits per heavy atom. The van der Waals surface area contributed by atoms with E-state index in [0.717, 1.165) is 5.56 Å². The molecule has 0 spiro atoms. The molecule has 0 radical (unpaired) electrons. The topological polar surface area (TPSA) is 67.5 Å². The molecule has 1 aromatic carbocycles. The number of benzene rings is 1. The summed E-state index contributed by atoms with van der Waals surface area (Å²) >= 11 is 0. The second-order valence-corrected chi connectivity index (χ2v) is 3.74. The molecule has 1 rings (SSSR count). The molecule has 4 heteroatoms. The van der Waals surface area contributed by atoms with Crippen LogP contribution in [0.5, 0.6) is 0 Å². The van der Waals surface area contributed by atoms with Gasteiger partial charge in [-0.25, -0.2) is 0 Å². The molecule has 0 fully saturated rings. The Hall–Kier alpha value is -1.26. The summed E-state index contributed by atoms with van der Waals surface area (Å²) in [7, 11) is 0. The van der Waals surface area contributed by atoms with Gasteiger partial charge in [0, 0.05) is 13.0 Å². The molecule has 1 unspecified atom stereocenters. The first-order valence-corrected chi connectivity index (χ1v) is 5.04. The zero-order chi connectivity index (χ0) is 11.1. The third-order valence-electron chi connectivity index (χ3n) is 2.35. The number of hydrogen-bond donors (Lipinski definition) is 2. The van der Waals surface area contributed by atoms with Crippen LogP contribution >= 0.6 is 0 Å². The van der Waals surface area contributed by atoms with Crippen LogP contribution in [-0.4, -0.2) is 12.2 Å². The minimum atomic E-state index is -0.759. The normalized spacial score (nSPS) is 14.5. The first-order valence-electron chi connectivity index (χ1n) is 5.04. The molecule has 0 aliphatic heterocycles. The molecule has 0 saturated heterocycles. The van der Waals surface area contributed by atoms with Crippen molar-refractivity contribution in [1.29, 1.82) is 0 Å². The summed E-state index contributed by atoms with van der Waals surface area (Å²) in [4.78, 5) is 10.7. The van der Waals surface area contributed by atoms with Gasteiger partial charge in [-0.2, -0.15) is 0 Å². The molecule has 0 aromatic heterocycles. The maximum absolute atomic E-state index is 10.7. The Morgan fingerprint density at radius 3 is 2.60 bits per heavy atom. The molecule has 1 aromatic rings.